The van der Waals surface area contributed by atoms with E-state index in [4.69, 9.17) is 0 Å². The SMILES string of the molecule is CNCc1sc2cccc(F)c2c1CN1CCCC1. The van der Waals surface area contributed by atoms with Crippen molar-refractivity contribution in [1.82, 2.24) is 10.2 Å². The monoisotopic (exact) mass is 278 g/mol. The molecule has 0 saturated carbocycles. The Hall–Kier alpha value is -0.970. The van der Waals surface area contributed by atoms with Crippen LogP contribution in [-0.2, 0) is 13.1 Å². The normalized spacial score (nSPS) is 16.5. The van der Waals surface area contributed by atoms with Crippen LogP contribution in [0.5, 0.6) is 0 Å². The van der Waals surface area contributed by atoms with Gasteiger partial charge < -0.3 is 5.32 Å². The Kier molecular flexibility index (Phi) is 3.82. The van der Waals surface area contributed by atoms with Gasteiger partial charge in [-0.25, -0.2) is 4.39 Å². The van der Waals surface area contributed by atoms with Crippen LogP contribution in [0.2, 0.25) is 0 Å². The summed E-state index contributed by atoms with van der Waals surface area (Å²) >= 11 is 1.72. The van der Waals surface area contributed by atoms with Crippen LogP contribution < -0.4 is 5.32 Å². The van der Waals surface area contributed by atoms with Crippen molar-refractivity contribution in [3.8, 4) is 0 Å². The summed E-state index contributed by atoms with van der Waals surface area (Å²) < 4.78 is 15.2. The van der Waals surface area contributed by atoms with Gasteiger partial charge in [0.1, 0.15) is 5.82 Å². The smallest absolute Gasteiger partial charge is 0.132 e. The van der Waals surface area contributed by atoms with Crippen LogP contribution in [0.3, 0.4) is 0 Å². The molecule has 2 heterocycles. The summed E-state index contributed by atoms with van der Waals surface area (Å²) in [5, 5.41) is 4.04. The Bertz CT molecular complexity index is 573. The van der Waals surface area contributed by atoms with Crippen LogP contribution in [0.15, 0.2) is 18.2 Å². The molecule has 0 aliphatic carbocycles. The van der Waals surface area contributed by atoms with Gasteiger partial charge in [0, 0.05) is 28.1 Å². The molecule has 1 aliphatic heterocycles. The van der Waals surface area contributed by atoms with Crippen LogP contribution in [-0.4, -0.2) is 25.0 Å². The first-order chi connectivity index (χ1) is 9.29. The van der Waals surface area contributed by atoms with Crippen molar-refractivity contribution in [2.45, 2.75) is 25.9 Å². The Morgan fingerprint density at radius 2 is 2.11 bits per heavy atom. The minimum absolute atomic E-state index is 0.0784. The van der Waals surface area contributed by atoms with Gasteiger partial charge >= 0.3 is 0 Å². The zero-order valence-corrected chi connectivity index (χ0v) is 12.0. The maximum absolute atomic E-state index is 14.1. The molecule has 0 radical (unpaired) electrons. The second-order valence-corrected chi connectivity index (χ2v) is 6.27. The summed E-state index contributed by atoms with van der Waals surface area (Å²) in [5.74, 6) is -0.0784. The third-order valence-electron chi connectivity index (χ3n) is 3.76. The maximum atomic E-state index is 14.1. The van der Waals surface area contributed by atoms with Gasteiger partial charge in [0.05, 0.1) is 0 Å². The summed E-state index contributed by atoms with van der Waals surface area (Å²) in [7, 11) is 1.94. The summed E-state index contributed by atoms with van der Waals surface area (Å²) in [5.41, 5.74) is 1.19. The average Bonchev–Trinajstić information content (AvgIpc) is 3.00. The molecule has 19 heavy (non-hydrogen) atoms. The molecule has 1 fully saturated rings. The van der Waals surface area contributed by atoms with Crippen molar-refractivity contribution >= 4 is 21.4 Å². The third-order valence-corrected chi connectivity index (χ3v) is 4.96. The van der Waals surface area contributed by atoms with Crippen molar-refractivity contribution in [2.75, 3.05) is 20.1 Å². The molecule has 1 aliphatic rings. The highest BCUT2D eigenvalue weighted by Gasteiger charge is 2.19. The number of halogens is 1. The highest BCUT2D eigenvalue weighted by atomic mass is 32.1. The van der Waals surface area contributed by atoms with E-state index in [1.807, 2.05) is 13.1 Å². The van der Waals surface area contributed by atoms with Crippen molar-refractivity contribution in [1.29, 1.82) is 0 Å². The minimum atomic E-state index is -0.0784. The van der Waals surface area contributed by atoms with E-state index in [-0.39, 0.29) is 5.82 Å². The summed E-state index contributed by atoms with van der Waals surface area (Å²) in [6.45, 7) is 4.00. The zero-order chi connectivity index (χ0) is 13.2. The lowest BCUT2D eigenvalue weighted by molar-refractivity contribution is 0.331. The molecule has 1 saturated heterocycles. The molecule has 2 nitrogen and oxygen atoms in total. The van der Waals surface area contributed by atoms with E-state index >= 15 is 0 Å². The minimum Gasteiger partial charge on any atom is -0.315 e. The molecule has 0 bridgehead atoms. The van der Waals surface area contributed by atoms with Gasteiger partial charge in [0.15, 0.2) is 0 Å². The highest BCUT2D eigenvalue weighted by molar-refractivity contribution is 7.19. The van der Waals surface area contributed by atoms with E-state index in [1.54, 1.807) is 23.5 Å². The first kappa shape index (κ1) is 13.0. The molecule has 0 atom stereocenters. The molecule has 3 rings (SSSR count). The fourth-order valence-electron chi connectivity index (χ4n) is 2.85. The second-order valence-electron chi connectivity index (χ2n) is 5.13. The van der Waals surface area contributed by atoms with E-state index < -0.39 is 0 Å². The molecule has 1 aromatic carbocycles. The number of hydrogen-bond acceptors (Lipinski definition) is 3. The van der Waals surface area contributed by atoms with Gasteiger partial charge in [-0.1, -0.05) is 6.07 Å². The number of nitrogens with zero attached hydrogens (tertiary/aromatic N) is 1. The van der Waals surface area contributed by atoms with Gasteiger partial charge in [0.2, 0.25) is 0 Å². The fraction of sp³-hybridized carbons (Fsp3) is 0.467. The van der Waals surface area contributed by atoms with Gasteiger partial charge in [-0.2, -0.15) is 0 Å². The third kappa shape index (κ3) is 2.53. The number of thiophene rings is 1. The predicted octanol–water partition coefficient (Wildman–Crippen LogP) is 3.36. The van der Waals surface area contributed by atoms with Gasteiger partial charge in [-0.3, -0.25) is 4.90 Å². The zero-order valence-electron chi connectivity index (χ0n) is 11.2. The van der Waals surface area contributed by atoms with Crippen molar-refractivity contribution in [3.05, 3.63) is 34.5 Å². The molecule has 102 valence electrons. The number of nitrogens with one attached hydrogen (secondary N) is 1. The van der Waals surface area contributed by atoms with Gasteiger partial charge in [-0.15, -0.1) is 11.3 Å². The predicted molar refractivity (Wildman–Crippen MR) is 79.1 cm³/mol. The molecule has 1 N–H and O–H groups in total. The van der Waals surface area contributed by atoms with Crippen molar-refractivity contribution < 1.29 is 4.39 Å². The van der Waals surface area contributed by atoms with Crippen molar-refractivity contribution in [3.63, 3.8) is 0 Å². The average molecular weight is 278 g/mol. The van der Waals surface area contributed by atoms with Crippen LogP contribution in [0, 0.1) is 5.82 Å². The number of fused-ring (bicyclic) bond motifs is 1. The first-order valence-corrected chi connectivity index (χ1v) is 7.67. The Morgan fingerprint density at radius 3 is 2.84 bits per heavy atom. The number of benzene rings is 1. The van der Waals surface area contributed by atoms with E-state index in [0.717, 1.165) is 36.3 Å². The molecular formula is C15H19FN2S. The van der Waals surface area contributed by atoms with Crippen molar-refractivity contribution in [2.24, 2.45) is 0 Å². The quantitative estimate of drug-likeness (QED) is 0.922. The Morgan fingerprint density at radius 1 is 1.32 bits per heavy atom. The molecule has 2 aromatic rings. The molecule has 1 aromatic heterocycles. The molecule has 0 unspecified atom stereocenters. The van der Waals surface area contributed by atoms with E-state index in [9.17, 15) is 4.39 Å². The Labute approximate surface area is 117 Å². The van der Waals surface area contributed by atoms with Crippen LogP contribution in [0.25, 0.3) is 10.1 Å². The largest absolute Gasteiger partial charge is 0.315 e. The van der Waals surface area contributed by atoms with Gasteiger partial charge in [-0.05, 0) is 50.7 Å². The molecule has 4 heteroatoms. The highest BCUT2D eigenvalue weighted by Crippen LogP contribution is 2.34. The lowest BCUT2D eigenvalue weighted by Crippen LogP contribution is -2.19. The number of rotatable bonds is 4. The Balaban J connectivity index is 2.04. The van der Waals surface area contributed by atoms with Crippen LogP contribution in [0.1, 0.15) is 23.3 Å². The summed E-state index contributed by atoms with van der Waals surface area (Å²) in [6.07, 6.45) is 2.54. The van der Waals surface area contributed by atoms with Crippen LogP contribution in [0.4, 0.5) is 4.39 Å². The molecular weight excluding hydrogens is 259 g/mol. The standard InChI is InChI=1S/C15H19FN2S/c1-17-9-14-11(10-18-7-2-3-8-18)15-12(16)5-4-6-13(15)19-14/h4-6,17H,2-3,7-10H2,1H3. The van der Waals surface area contributed by atoms with E-state index in [2.05, 4.69) is 10.2 Å². The molecule has 0 amide bonds. The summed E-state index contributed by atoms with van der Waals surface area (Å²) in [6, 6.07) is 5.40. The summed E-state index contributed by atoms with van der Waals surface area (Å²) in [4.78, 5) is 3.71. The van der Waals surface area contributed by atoms with E-state index in [0.29, 0.717) is 0 Å². The van der Waals surface area contributed by atoms with Crippen LogP contribution >= 0.6 is 11.3 Å². The number of hydrogen-bond donors (Lipinski definition) is 1. The maximum Gasteiger partial charge on any atom is 0.132 e. The first-order valence-electron chi connectivity index (χ1n) is 6.85. The molecule has 0 spiro atoms. The van der Waals surface area contributed by atoms with Gasteiger partial charge in [0.25, 0.3) is 0 Å². The number of likely N-dealkylation sites (tertiary alicyclic amines) is 1. The fourth-order valence-corrected chi connectivity index (χ4v) is 4.09. The lowest BCUT2D eigenvalue weighted by atomic mass is 10.1. The van der Waals surface area contributed by atoms with E-state index in [1.165, 1.54) is 23.3 Å². The lowest BCUT2D eigenvalue weighted by Gasteiger charge is -2.15. The topological polar surface area (TPSA) is 15.3 Å². The second kappa shape index (κ2) is 5.57.